The van der Waals surface area contributed by atoms with Gasteiger partial charge in [0, 0.05) is 32.3 Å². The second-order valence-electron chi connectivity index (χ2n) is 7.00. The van der Waals surface area contributed by atoms with Gasteiger partial charge in [-0.25, -0.2) is 0 Å². The zero-order chi connectivity index (χ0) is 19.3. The summed E-state index contributed by atoms with van der Waals surface area (Å²) >= 11 is 0. The van der Waals surface area contributed by atoms with Crippen LogP contribution in [-0.4, -0.2) is 43.1 Å². The Morgan fingerprint density at radius 1 is 1.25 bits per heavy atom. The number of para-hydroxylation sites is 1. The Labute approximate surface area is 163 Å². The molecule has 0 fully saturated rings. The Morgan fingerprint density at radius 3 is 2.89 bits per heavy atom. The van der Waals surface area contributed by atoms with Gasteiger partial charge in [0.05, 0.1) is 24.8 Å². The average molecular weight is 380 g/mol. The molecule has 1 N–H and O–H groups in total. The minimum Gasteiger partial charge on any atom is -0.493 e. The van der Waals surface area contributed by atoms with E-state index in [2.05, 4.69) is 25.2 Å². The van der Waals surface area contributed by atoms with E-state index in [0.717, 1.165) is 48.8 Å². The first kappa shape index (κ1) is 18.2. The Balaban J connectivity index is 1.29. The lowest BCUT2D eigenvalue weighted by atomic mass is 10.1. The van der Waals surface area contributed by atoms with E-state index < -0.39 is 0 Å². The Hall–Kier alpha value is -3.16. The summed E-state index contributed by atoms with van der Waals surface area (Å²) in [4.78, 5) is 12.3. The molecule has 2 aromatic heterocycles. The molecule has 8 heteroatoms. The fourth-order valence-electron chi connectivity index (χ4n) is 3.46. The zero-order valence-corrected chi connectivity index (χ0v) is 15.9. The van der Waals surface area contributed by atoms with Crippen molar-refractivity contribution in [1.82, 2.24) is 29.9 Å². The van der Waals surface area contributed by atoms with Gasteiger partial charge in [-0.3, -0.25) is 9.48 Å². The normalized spacial score (nSPS) is 16.2. The smallest absolute Gasteiger partial charge is 0.223 e. The fourth-order valence-corrected chi connectivity index (χ4v) is 3.46. The van der Waals surface area contributed by atoms with Crippen LogP contribution in [0.3, 0.4) is 0 Å². The minimum absolute atomic E-state index is 0.0195. The molecule has 0 spiro atoms. The van der Waals surface area contributed by atoms with Crippen LogP contribution < -0.4 is 10.1 Å². The molecule has 4 rings (SSSR count). The summed E-state index contributed by atoms with van der Waals surface area (Å²) in [7, 11) is 1.89. The van der Waals surface area contributed by atoms with Crippen LogP contribution in [0.2, 0.25) is 0 Å². The third-order valence-corrected chi connectivity index (χ3v) is 4.91. The molecule has 0 radical (unpaired) electrons. The van der Waals surface area contributed by atoms with Crippen LogP contribution in [0.5, 0.6) is 5.75 Å². The van der Waals surface area contributed by atoms with Crippen molar-refractivity contribution in [2.75, 3.05) is 6.61 Å². The first-order valence-electron chi connectivity index (χ1n) is 9.57. The summed E-state index contributed by atoms with van der Waals surface area (Å²) in [6.45, 7) is 1.15. The van der Waals surface area contributed by atoms with Crippen LogP contribution in [0, 0.1) is 0 Å². The second-order valence-corrected chi connectivity index (χ2v) is 7.00. The number of nitrogens with one attached hydrogen (secondary N) is 1. The van der Waals surface area contributed by atoms with Crippen LogP contribution in [0.4, 0.5) is 0 Å². The number of carbonyl (C=O) groups excluding carboxylic acids is 1. The van der Waals surface area contributed by atoms with Crippen molar-refractivity contribution < 1.29 is 9.53 Å². The quantitative estimate of drug-likeness (QED) is 0.706. The largest absolute Gasteiger partial charge is 0.493 e. The average Bonchev–Trinajstić information content (AvgIpc) is 3.25. The number of amides is 1. The third kappa shape index (κ3) is 4.21. The first-order chi connectivity index (χ1) is 13.7. The van der Waals surface area contributed by atoms with E-state index in [1.807, 2.05) is 43.6 Å². The molecule has 1 atom stereocenters. The van der Waals surface area contributed by atoms with Gasteiger partial charge in [-0.2, -0.15) is 5.10 Å². The monoisotopic (exact) mass is 380 g/mol. The summed E-state index contributed by atoms with van der Waals surface area (Å²) in [5.74, 6) is 2.60. The molecule has 1 aromatic carbocycles. The number of carbonyl (C=O) groups is 1. The van der Waals surface area contributed by atoms with Crippen molar-refractivity contribution in [3.05, 3.63) is 48.5 Å². The minimum atomic E-state index is 0.0195. The molecule has 1 amide bonds. The maximum absolute atomic E-state index is 12.3. The van der Waals surface area contributed by atoms with Gasteiger partial charge in [0.15, 0.2) is 5.82 Å². The maximum Gasteiger partial charge on any atom is 0.223 e. The molecule has 8 nitrogen and oxygen atoms in total. The molecule has 3 heterocycles. The summed E-state index contributed by atoms with van der Waals surface area (Å²) < 4.78 is 9.50. The van der Waals surface area contributed by atoms with Gasteiger partial charge in [0.1, 0.15) is 11.6 Å². The lowest BCUT2D eigenvalue weighted by Gasteiger charge is -2.16. The van der Waals surface area contributed by atoms with Crippen molar-refractivity contribution in [2.24, 2.45) is 7.05 Å². The molecule has 0 saturated heterocycles. The lowest BCUT2D eigenvalue weighted by Crippen LogP contribution is -2.35. The van der Waals surface area contributed by atoms with E-state index in [0.29, 0.717) is 13.0 Å². The molecule has 1 unspecified atom stereocenters. The number of rotatable bonds is 6. The summed E-state index contributed by atoms with van der Waals surface area (Å²) in [6, 6.07) is 9.67. The Bertz CT molecular complexity index is 933. The van der Waals surface area contributed by atoms with Gasteiger partial charge in [-0.15, -0.1) is 10.2 Å². The number of benzene rings is 1. The van der Waals surface area contributed by atoms with Gasteiger partial charge in [0.2, 0.25) is 5.91 Å². The van der Waals surface area contributed by atoms with Crippen LogP contribution >= 0.6 is 0 Å². The Kier molecular flexibility index (Phi) is 5.36. The van der Waals surface area contributed by atoms with E-state index in [-0.39, 0.29) is 11.9 Å². The molecular formula is C20H24N6O2. The lowest BCUT2D eigenvalue weighted by molar-refractivity contribution is -0.122. The zero-order valence-electron chi connectivity index (χ0n) is 15.9. The highest BCUT2D eigenvalue weighted by Gasteiger charge is 2.22. The number of fused-ring (bicyclic) bond motifs is 1. The molecule has 3 aromatic rings. The van der Waals surface area contributed by atoms with E-state index in [4.69, 9.17) is 4.74 Å². The molecule has 0 aliphatic carbocycles. The maximum atomic E-state index is 12.3. The predicted molar refractivity (Wildman–Crippen MR) is 104 cm³/mol. The van der Waals surface area contributed by atoms with Gasteiger partial charge < -0.3 is 14.6 Å². The van der Waals surface area contributed by atoms with E-state index >= 15 is 0 Å². The van der Waals surface area contributed by atoms with Crippen LogP contribution in [0.1, 0.15) is 25.1 Å². The standard InChI is InChI=1S/C20H24N6O2/c1-25-14-15(13-21-25)20-24-23-18-8-7-16(9-11-26(18)20)22-19(27)10-12-28-17-5-3-2-4-6-17/h2-6,13-14,16H,7-12H2,1H3,(H,22,27). The molecule has 0 bridgehead atoms. The predicted octanol–water partition coefficient (Wildman–Crippen LogP) is 1.97. The van der Waals surface area contributed by atoms with E-state index in [1.165, 1.54) is 0 Å². The van der Waals surface area contributed by atoms with Crippen molar-refractivity contribution in [2.45, 2.75) is 38.3 Å². The first-order valence-corrected chi connectivity index (χ1v) is 9.57. The number of ether oxygens (including phenoxy) is 1. The van der Waals surface area contributed by atoms with Gasteiger partial charge >= 0.3 is 0 Å². The molecular weight excluding hydrogens is 356 g/mol. The van der Waals surface area contributed by atoms with Gasteiger partial charge in [0.25, 0.3) is 0 Å². The summed E-state index contributed by atoms with van der Waals surface area (Å²) in [5, 5.41) is 16.0. The highest BCUT2D eigenvalue weighted by molar-refractivity contribution is 5.76. The van der Waals surface area contributed by atoms with Crippen molar-refractivity contribution in [1.29, 1.82) is 0 Å². The van der Waals surface area contributed by atoms with E-state index in [1.54, 1.807) is 10.9 Å². The molecule has 0 saturated carbocycles. The SMILES string of the molecule is Cn1cc(-c2nnc3n2CCC(NC(=O)CCOc2ccccc2)CC3)cn1. The third-order valence-electron chi connectivity index (χ3n) is 4.91. The fraction of sp³-hybridized carbons (Fsp3) is 0.400. The molecule has 1 aliphatic heterocycles. The van der Waals surface area contributed by atoms with Crippen molar-refractivity contribution in [3.63, 3.8) is 0 Å². The number of nitrogens with zero attached hydrogens (tertiary/aromatic N) is 5. The topological polar surface area (TPSA) is 86.9 Å². The molecule has 146 valence electrons. The van der Waals surface area contributed by atoms with Gasteiger partial charge in [-0.1, -0.05) is 18.2 Å². The van der Waals surface area contributed by atoms with Gasteiger partial charge in [-0.05, 0) is 25.0 Å². The van der Waals surface area contributed by atoms with Crippen LogP contribution in [0.15, 0.2) is 42.7 Å². The number of aromatic nitrogens is 5. The van der Waals surface area contributed by atoms with E-state index in [9.17, 15) is 4.79 Å². The molecule has 1 aliphatic rings. The van der Waals surface area contributed by atoms with Crippen molar-refractivity contribution >= 4 is 5.91 Å². The number of hydrogen-bond donors (Lipinski definition) is 1. The summed E-state index contributed by atoms with van der Waals surface area (Å²) in [6.07, 6.45) is 6.58. The summed E-state index contributed by atoms with van der Waals surface area (Å²) in [5.41, 5.74) is 0.960. The second kappa shape index (κ2) is 8.24. The number of hydrogen-bond acceptors (Lipinski definition) is 5. The van der Waals surface area contributed by atoms with Crippen LogP contribution in [-0.2, 0) is 24.8 Å². The highest BCUT2D eigenvalue weighted by Crippen LogP contribution is 2.22. The van der Waals surface area contributed by atoms with Crippen molar-refractivity contribution in [3.8, 4) is 17.1 Å². The highest BCUT2D eigenvalue weighted by atomic mass is 16.5. The molecule has 28 heavy (non-hydrogen) atoms. The van der Waals surface area contributed by atoms with Crippen LogP contribution in [0.25, 0.3) is 11.4 Å². The number of aryl methyl sites for hydroxylation is 2. The Morgan fingerprint density at radius 2 is 2.11 bits per heavy atom.